The summed E-state index contributed by atoms with van der Waals surface area (Å²) in [6, 6.07) is 8.86. The molecule has 0 saturated heterocycles. The zero-order valence-corrected chi connectivity index (χ0v) is 14.7. The van der Waals surface area contributed by atoms with E-state index in [0.29, 0.717) is 12.8 Å². The number of hydrogen-bond donors (Lipinski definition) is 2. The summed E-state index contributed by atoms with van der Waals surface area (Å²) in [5.41, 5.74) is 1.60. The van der Waals surface area contributed by atoms with Crippen LogP contribution in [0, 0.1) is 24.0 Å². The predicted molar refractivity (Wildman–Crippen MR) is 95.8 cm³/mol. The third-order valence-corrected chi connectivity index (χ3v) is 4.78. The molecule has 2 amide bonds. The Morgan fingerprint density at radius 3 is 2.35 bits per heavy atom. The smallest absolute Gasteiger partial charge is 0.240 e. The van der Waals surface area contributed by atoms with Gasteiger partial charge in [-0.1, -0.05) is 25.1 Å². The van der Waals surface area contributed by atoms with Crippen LogP contribution < -0.4 is 10.6 Å². The van der Waals surface area contributed by atoms with E-state index in [1.54, 1.807) is 0 Å². The van der Waals surface area contributed by atoms with Crippen LogP contribution in [0.25, 0.3) is 0 Å². The number of anilines is 2. The Morgan fingerprint density at radius 2 is 1.73 bits per heavy atom. The van der Waals surface area contributed by atoms with Gasteiger partial charge in [-0.3, -0.25) is 9.59 Å². The molecule has 0 unspecified atom stereocenters. The maximum absolute atomic E-state index is 13.3. The molecule has 6 heteroatoms. The Balaban J connectivity index is 1.77. The van der Waals surface area contributed by atoms with Crippen molar-refractivity contribution in [2.45, 2.75) is 33.1 Å². The fourth-order valence-corrected chi connectivity index (χ4v) is 2.94. The second-order valence-corrected chi connectivity index (χ2v) is 6.58. The lowest BCUT2D eigenvalue weighted by Crippen LogP contribution is -2.36. The lowest BCUT2D eigenvalue weighted by molar-refractivity contribution is -0.131. The highest BCUT2D eigenvalue weighted by molar-refractivity contribution is 6.17. The number of halogens is 2. The first-order chi connectivity index (χ1) is 12.4. The van der Waals surface area contributed by atoms with Crippen LogP contribution in [-0.4, -0.2) is 11.8 Å². The molecule has 1 aliphatic carbocycles. The van der Waals surface area contributed by atoms with Gasteiger partial charge in [-0.15, -0.1) is 0 Å². The molecule has 1 saturated carbocycles. The molecule has 0 spiro atoms. The van der Waals surface area contributed by atoms with Crippen molar-refractivity contribution in [3.8, 4) is 0 Å². The Bertz CT molecular complexity index is 876. The van der Waals surface area contributed by atoms with Gasteiger partial charge in [-0.2, -0.15) is 0 Å². The highest BCUT2D eigenvalue weighted by Gasteiger charge is 2.56. The average molecular weight is 358 g/mol. The van der Waals surface area contributed by atoms with Crippen LogP contribution in [0.2, 0.25) is 0 Å². The van der Waals surface area contributed by atoms with Gasteiger partial charge in [0.25, 0.3) is 0 Å². The summed E-state index contributed by atoms with van der Waals surface area (Å²) >= 11 is 0. The molecule has 0 radical (unpaired) electrons. The van der Waals surface area contributed by atoms with E-state index in [1.807, 2.05) is 32.0 Å². The van der Waals surface area contributed by atoms with Crippen molar-refractivity contribution in [3.63, 3.8) is 0 Å². The predicted octanol–water partition coefficient (Wildman–Crippen LogP) is 4.19. The van der Waals surface area contributed by atoms with Gasteiger partial charge < -0.3 is 10.6 Å². The number of amides is 2. The largest absolute Gasteiger partial charge is 0.325 e. The molecule has 1 fully saturated rings. The fourth-order valence-electron chi connectivity index (χ4n) is 2.94. The summed E-state index contributed by atoms with van der Waals surface area (Å²) in [5, 5.41) is 5.40. The monoisotopic (exact) mass is 358 g/mol. The second kappa shape index (κ2) is 6.86. The molecule has 0 aliphatic heterocycles. The highest BCUT2D eigenvalue weighted by atomic mass is 19.2. The SMILES string of the molecule is CCc1cccc(C)c1NC(=O)C1(C(=O)Nc2ccc(F)c(F)c2)CC1. The van der Waals surface area contributed by atoms with Gasteiger partial charge in [0.2, 0.25) is 11.8 Å². The number of aryl methyl sites for hydroxylation is 2. The van der Waals surface area contributed by atoms with Gasteiger partial charge in [0, 0.05) is 17.4 Å². The van der Waals surface area contributed by atoms with Crippen LogP contribution in [0.4, 0.5) is 20.2 Å². The lowest BCUT2D eigenvalue weighted by atomic mass is 10.0. The second-order valence-electron chi connectivity index (χ2n) is 6.58. The first kappa shape index (κ1) is 18.0. The van der Waals surface area contributed by atoms with Gasteiger partial charge >= 0.3 is 0 Å². The molecule has 26 heavy (non-hydrogen) atoms. The van der Waals surface area contributed by atoms with Crippen molar-refractivity contribution in [1.82, 2.24) is 0 Å². The minimum absolute atomic E-state index is 0.123. The molecule has 2 N–H and O–H groups in total. The number of para-hydroxylation sites is 1. The summed E-state index contributed by atoms with van der Waals surface area (Å²) < 4.78 is 26.3. The summed E-state index contributed by atoms with van der Waals surface area (Å²) in [4.78, 5) is 25.3. The normalized spacial score (nSPS) is 14.6. The quantitative estimate of drug-likeness (QED) is 0.788. The van der Waals surface area contributed by atoms with Crippen molar-refractivity contribution in [2.75, 3.05) is 10.6 Å². The number of carbonyl (C=O) groups excluding carboxylic acids is 2. The average Bonchev–Trinajstić information content (AvgIpc) is 3.42. The summed E-state index contributed by atoms with van der Waals surface area (Å²) in [5.74, 6) is -2.92. The van der Waals surface area contributed by atoms with Crippen molar-refractivity contribution >= 4 is 23.2 Å². The van der Waals surface area contributed by atoms with E-state index in [1.165, 1.54) is 6.07 Å². The standard InChI is InChI=1S/C20H20F2N2O2/c1-3-13-6-4-5-12(2)17(13)24-19(26)20(9-10-20)18(25)23-14-7-8-15(21)16(22)11-14/h4-8,11H,3,9-10H2,1-2H3,(H,23,25)(H,24,26). The third-order valence-electron chi connectivity index (χ3n) is 4.78. The van der Waals surface area contributed by atoms with Gasteiger partial charge in [0.15, 0.2) is 11.6 Å². The van der Waals surface area contributed by atoms with Gasteiger partial charge in [-0.25, -0.2) is 8.78 Å². The fraction of sp³-hybridized carbons (Fsp3) is 0.300. The molecule has 2 aromatic carbocycles. The Kier molecular flexibility index (Phi) is 4.76. The maximum atomic E-state index is 13.3. The number of hydrogen-bond acceptors (Lipinski definition) is 2. The van der Waals surface area contributed by atoms with E-state index in [2.05, 4.69) is 10.6 Å². The first-order valence-electron chi connectivity index (χ1n) is 8.54. The van der Waals surface area contributed by atoms with Gasteiger partial charge in [0.05, 0.1) is 0 Å². The topological polar surface area (TPSA) is 58.2 Å². The number of nitrogens with one attached hydrogen (secondary N) is 2. The molecule has 136 valence electrons. The summed E-state index contributed by atoms with van der Waals surface area (Å²) in [6.07, 6.45) is 1.59. The van der Waals surface area contributed by atoms with Crippen molar-refractivity contribution in [3.05, 3.63) is 59.2 Å². The van der Waals surface area contributed by atoms with Crippen molar-refractivity contribution in [1.29, 1.82) is 0 Å². The van der Waals surface area contributed by atoms with E-state index < -0.39 is 23.0 Å². The Hall–Kier alpha value is -2.76. The van der Waals surface area contributed by atoms with E-state index in [4.69, 9.17) is 0 Å². The minimum Gasteiger partial charge on any atom is -0.325 e. The molecule has 0 aromatic heterocycles. The van der Waals surface area contributed by atoms with Crippen LogP contribution in [0.5, 0.6) is 0 Å². The van der Waals surface area contributed by atoms with Crippen LogP contribution in [0.1, 0.15) is 30.9 Å². The van der Waals surface area contributed by atoms with Crippen molar-refractivity contribution < 1.29 is 18.4 Å². The third kappa shape index (κ3) is 3.31. The van der Waals surface area contributed by atoms with Crippen LogP contribution in [0.15, 0.2) is 36.4 Å². The Morgan fingerprint density at radius 1 is 1.04 bits per heavy atom. The number of carbonyl (C=O) groups is 2. The number of benzene rings is 2. The van der Waals surface area contributed by atoms with E-state index in [9.17, 15) is 18.4 Å². The molecule has 2 aromatic rings. The molecule has 0 heterocycles. The molecular formula is C20H20F2N2O2. The highest BCUT2D eigenvalue weighted by Crippen LogP contribution is 2.47. The summed E-state index contributed by atoms with van der Waals surface area (Å²) in [7, 11) is 0. The molecule has 3 rings (SSSR count). The molecule has 1 aliphatic rings. The zero-order valence-electron chi connectivity index (χ0n) is 14.7. The maximum Gasteiger partial charge on any atom is 0.240 e. The van der Waals surface area contributed by atoms with Gasteiger partial charge in [-0.05, 0) is 49.4 Å². The van der Waals surface area contributed by atoms with Crippen LogP contribution in [0.3, 0.4) is 0 Å². The van der Waals surface area contributed by atoms with Crippen LogP contribution >= 0.6 is 0 Å². The van der Waals surface area contributed by atoms with Gasteiger partial charge in [0.1, 0.15) is 5.41 Å². The van der Waals surface area contributed by atoms with Crippen molar-refractivity contribution in [2.24, 2.45) is 5.41 Å². The molecule has 0 atom stereocenters. The molecule has 4 nitrogen and oxygen atoms in total. The Labute approximate surface area is 150 Å². The van der Waals surface area contributed by atoms with E-state index in [-0.39, 0.29) is 11.6 Å². The molecular weight excluding hydrogens is 338 g/mol. The minimum atomic E-state index is -1.17. The first-order valence-corrected chi connectivity index (χ1v) is 8.54. The summed E-state index contributed by atoms with van der Waals surface area (Å²) in [6.45, 7) is 3.89. The number of rotatable bonds is 5. The molecule has 0 bridgehead atoms. The lowest BCUT2D eigenvalue weighted by Gasteiger charge is -2.18. The zero-order chi connectivity index (χ0) is 18.9. The van der Waals surface area contributed by atoms with E-state index >= 15 is 0 Å². The van der Waals surface area contributed by atoms with Crippen LogP contribution in [-0.2, 0) is 16.0 Å². The van der Waals surface area contributed by atoms with E-state index in [0.717, 1.165) is 35.4 Å².